The van der Waals surface area contributed by atoms with Crippen molar-refractivity contribution in [2.75, 3.05) is 0 Å². The molecule has 86 valence electrons. The fourth-order valence-corrected chi connectivity index (χ4v) is 1.51. The normalized spacial score (nSPS) is 10.2. The Hall–Kier alpha value is -0.570. The van der Waals surface area contributed by atoms with Gasteiger partial charge in [0.05, 0.1) is 0 Å². The molecule has 17 heavy (non-hydrogen) atoms. The molecule has 0 aromatic heterocycles. The first-order chi connectivity index (χ1) is 7.72. The second-order valence-electron chi connectivity index (χ2n) is 3.84. The van der Waals surface area contributed by atoms with Gasteiger partial charge in [0.2, 0.25) is 0 Å². The maximum absolute atomic E-state index is 10.5. The van der Waals surface area contributed by atoms with Gasteiger partial charge in [-0.05, 0) is 17.5 Å². The van der Waals surface area contributed by atoms with Crippen LogP contribution in [-0.2, 0) is 11.2 Å². The first-order valence-electron chi connectivity index (χ1n) is 5.67. The second kappa shape index (κ2) is 9.46. The predicted molar refractivity (Wildman–Crippen MR) is 63.7 cm³/mol. The third-order valence-corrected chi connectivity index (χ3v) is 2.33. The molecule has 0 bridgehead atoms. The first kappa shape index (κ1) is 16.4. The third kappa shape index (κ3) is 7.37. The first-order valence-corrected chi connectivity index (χ1v) is 5.67. The molecule has 0 aliphatic carbocycles. The van der Waals surface area contributed by atoms with Crippen LogP contribution >= 0.6 is 0 Å². The van der Waals surface area contributed by atoms with Gasteiger partial charge in [0.15, 0.2) is 0 Å². The van der Waals surface area contributed by atoms with E-state index in [2.05, 4.69) is 13.0 Å². The zero-order valence-corrected chi connectivity index (χ0v) is 12.6. The monoisotopic (exact) mass is 240 g/mol. The molecule has 0 amide bonds. The van der Waals surface area contributed by atoms with Gasteiger partial charge in [0.25, 0.3) is 0 Å². The fraction of sp³-hybridized carbons (Fsp3) is 0.357. The molecule has 0 saturated heterocycles. The molecule has 0 radical (unpaired) electrons. The van der Waals surface area contributed by atoms with Crippen LogP contribution in [0.5, 0.6) is 0 Å². The van der Waals surface area contributed by atoms with Crippen LogP contribution in [0.2, 0.25) is 0 Å². The summed E-state index contributed by atoms with van der Waals surface area (Å²) in [5.41, 5.74) is 1.84. The van der Waals surface area contributed by atoms with Gasteiger partial charge >= 0.3 is 29.6 Å². The van der Waals surface area contributed by atoms with Crippen LogP contribution in [0.15, 0.2) is 30.3 Å². The summed E-state index contributed by atoms with van der Waals surface area (Å²) in [7, 11) is 0. The van der Waals surface area contributed by atoms with Crippen LogP contribution in [0.4, 0.5) is 0 Å². The van der Waals surface area contributed by atoms with Crippen molar-refractivity contribution in [2.24, 2.45) is 0 Å². The fourth-order valence-electron chi connectivity index (χ4n) is 1.51. The van der Waals surface area contributed by atoms with E-state index in [0.717, 1.165) is 17.5 Å². The van der Waals surface area contributed by atoms with Crippen molar-refractivity contribution in [2.45, 2.75) is 32.6 Å². The molecule has 0 N–H and O–H groups in total. The van der Waals surface area contributed by atoms with Gasteiger partial charge in [-0.2, -0.15) is 0 Å². The van der Waals surface area contributed by atoms with E-state index in [1.54, 1.807) is 6.07 Å². The molecule has 0 spiro atoms. The van der Waals surface area contributed by atoms with Crippen molar-refractivity contribution in [1.29, 1.82) is 0 Å². The van der Waals surface area contributed by atoms with Crippen LogP contribution in [0.1, 0.15) is 37.3 Å². The summed E-state index contributed by atoms with van der Waals surface area (Å²) in [4.78, 5) is 10.5. The van der Waals surface area contributed by atoms with E-state index < -0.39 is 5.97 Å². The summed E-state index contributed by atoms with van der Waals surface area (Å²) in [6.07, 6.45) is 7.60. The summed E-state index contributed by atoms with van der Waals surface area (Å²) in [5.74, 6) is -1.04. The van der Waals surface area contributed by atoms with Crippen LogP contribution in [0.3, 0.4) is 0 Å². The Kier molecular flexibility index (Phi) is 9.14. The van der Waals surface area contributed by atoms with Gasteiger partial charge in [0, 0.05) is 12.4 Å². The minimum atomic E-state index is -1.04. The zero-order chi connectivity index (χ0) is 11.8. The van der Waals surface area contributed by atoms with Crippen LogP contribution < -0.4 is 34.7 Å². The smallest absolute Gasteiger partial charge is 0.550 e. The summed E-state index contributed by atoms with van der Waals surface area (Å²) in [5, 5.41) is 10.5. The van der Waals surface area contributed by atoms with Crippen LogP contribution in [-0.4, -0.2) is 5.97 Å². The van der Waals surface area contributed by atoms with E-state index in [1.807, 2.05) is 24.3 Å². The molecule has 0 aliphatic heterocycles. The molecular formula is C14H17NaO2. The number of carbonyl (C=O) groups is 1. The minimum Gasteiger partial charge on any atom is -0.550 e. The van der Waals surface area contributed by atoms with Crippen molar-refractivity contribution in [3.05, 3.63) is 41.5 Å². The number of hydrogen-bond donors (Lipinski definition) is 0. The molecule has 3 heteroatoms. The summed E-state index contributed by atoms with van der Waals surface area (Å²) < 4.78 is 0. The van der Waals surface area contributed by atoms with E-state index in [0.29, 0.717) is 0 Å². The number of carboxylic acids is 1. The maximum Gasteiger partial charge on any atom is 1.00 e. The average Bonchev–Trinajstić information content (AvgIpc) is 2.24. The topological polar surface area (TPSA) is 40.1 Å². The molecule has 0 saturated carbocycles. The van der Waals surface area contributed by atoms with Crippen LogP contribution in [0.25, 0.3) is 6.08 Å². The van der Waals surface area contributed by atoms with Gasteiger partial charge < -0.3 is 9.90 Å². The van der Waals surface area contributed by atoms with Crippen molar-refractivity contribution < 1.29 is 39.5 Å². The van der Waals surface area contributed by atoms with Crippen molar-refractivity contribution in [3.8, 4) is 0 Å². The number of rotatable bonds is 6. The Morgan fingerprint density at radius 1 is 1.41 bits per heavy atom. The molecule has 1 aromatic rings. The number of unbranched alkanes of at least 4 members (excludes halogenated alkanes) is 2. The van der Waals surface area contributed by atoms with Gasteiger partial charge in [-0.25, -0.2) is 0 Å². The number of hydrogen-bond acceptors (Lipinski definition) is 2. The Balaban J connectivity index is 0.00000256. The summed E-state index contributed by atoms with van der Waals surface area (Å²) in [6, 6.07) is 7.54. The SMILES string of the molecule is CCCC/C=C/c1cccc(CC(=O)[O-])c1.[Na+]. The van der Waals surface area contributed by atoms with E-state index in [1.165, 1.54) is 12.8 Å². The Labute approximate surface area is 125 Å². The van der Waals surface area contributed by atoms with E-state index in [9.17, 15) is 9.90 Å². The van der Waals surface area contributed by atoms with Crippen LogP contribution in [0, 0.1) is 0 Å². The van der Waals surface area contributed by atoms with Gasteiger partial charge in [-0.3, -0.25) is 0 Å². The van der Waals surface area contributed by atoms with E-state index in [-0.39, 0.29) is 36.0 Å². The van der Waals surface area contributed by atoms with E-state index >= 15 is 0 Å². The van der Waals surface area contributed by atoms with Gasteiger partial charge in [-0.15, -0.1) is 0 Å². The standard InChI is InChI=1S/C14H18O2.Na/c1-2-3-4-5-7-12-8-6-9-13(10-12)11-14(15)16;/h5-10H,2-4,11H2,1H3,(H,15,16);/q;+1/p-1/b7-5+;. The predicted octanol–water partition coefficient (Wildman–Crippen LogP) is -0.814. The molecule has 0 unspecified atom stereocenters. The molecule has 0 atom stereocenters. The molecule has 0 aliphatic rings. The third-order valence-electron chi connectivity index (χ3n) is 2.33. The quantitative estimate of drug-likeness (QED) is 0.482. The summed E-state index contributed by atoms with van der Waals surface area (Å²) in [6.45, 7) is 2.16. The van der Waals surface area contributed by atoms with Crippen molar-refractivity contribution in [1.82, 2.24) is 0 Å². The second-order valence-corrected chi connectivity index (χ2v) is 3.84. The minimum absolute atomic E-state index is 0. The Bertz CT molecular complexity index is 372. The number of aliphatic carboxylic acids is 1. The number of carbonyl (C=O) groups excluding carboxylic acids is 1. The zero-order valence-electron chi connectivity index (χ0n) is 10.6. The summed E-state index contributed by atoms with van der Waals surface area (Å²) >= 11 is 0. The number of allylic oxidation sites excluding steroid dienone is 1. The average molecular weight is 240 g/mol. The largest absolute Gasteiger partial charge is 1.00 e. The van der Waals surface area contributed by atoms with Gasteiger partial charge in [-0.1, -0.05) is 56.2 Å². The molecule has 0 fully saturated rings. The Morgan fingerprint density at radius 3 is 2.82 bits per heavy atom. The molecular weight excluding hydrogens is 223 g/mol. The van der Waals surface area contributed by atoms with Crippen molar-refractivity contribution >= 4 is 12.0 Å². The Morgan fingerprint density at radius 2 is 2.18 bits per heavy atom. The number of benzene rings is 1. The molecule has 1 aromatic carbocycles. The number of carboxylic acid groups (broad SMARTS) is 1. The van der Waals surface area contributed by atoms with Gasteiger partial charge in [0.1, 0.15) is 0 Å². The molecule has 1 rings (SSSR count). The maximum atomic E-state index is 10.5. The molecule has 2 nitrogen and oxygen atoms in total. The van der Waals surface area contributed by atoms with E-state index in [4.69, 9.17) is 0 Å². The molecule has 0 heterocycles. The van der Waals surface area contributed by atoms with Crippen molar-refractivity contribution in [3.63, 3.8) is 0 Å².